The van der Waals surface area contributed by atoms with Gasteiger partial charge >= 0.3 is 0 Å². The molecule has 0 aliphatic heterocycles. The van der Waals surface area contributed by atoms with Crippen molar-refractivity contribution >= 4 is 0 Å². The Morgan fingerprint density at radius 3 is 1.83 bits per heavy atom. The Labute approximate surface area is 102 Å². The Morgan fingerprint density at radius 2 is 1.33 bits per heavy atom. The van der Waals surface area contributed by atoms with Crippen LogP contribution in [0.1, 0.15) is 17.2 Å². The van der Waals surface area contributed by atoms with Gasteiger partial charge in [-0.05, 0) is 35.4 Å². The number of hydrogen-bond acceptors (Lipinski definition) is 2. The van der Waals surface area contributed by atoms with E-state index in [1.807, 2.05) is 0 Å². The summed E-state index contributed by atoms with van der Waals surface area (Å²) in [5.41, 5.74) is 3.40. The minimum absolute atomic E-state index is 0.335. The summed E-state index contributed by atoms with van der Waals surface area (Å²) in [6.07, 6.45) is 0. The first-order valence-electron chi connectivity index (χ1n) is 5.28. The Morgan fingerprint density at radius 1 is 0.778 bits per heavy atom. The maximum Gasteiger partial charge on any atom is 0.126 e. The highest BCUT2D eigenvalue weighted by atomic mass is 19.1. The van der Waals surface area contributed by atoms with E-state index in [0.29, 0.717) is 11.1 Å². The van der Waals surface area contributed by atoms with E-state index in [1.54, 1.807) is 0 Å². The molecule has 0 aromatic heterocycles. The molecule has 2 rings (SSSR count). The molecular weight excluding hydrogens is 241 g/mol. The topological polar surface area (TPSA) is 38.0 Å². The highest BCUT2D eigenvalue weighted by Crippen LogP contribution is 2.23. The van der Waals surface area contributed by atoms with Crippen molar-refractivity contribution in [1.82, 2.24) is 5.43 Å². The highest BCUT2D eigenvalue weighted by molar-refractivity contribution is 5.32. The molecule has 2 aromatic rings. The van der Waals surface area contributed by atoms with Crippen LogP contribution in [0.15, 0.2) is 42.5 Å². The van der Waals surface area contributed by atoms with Crippen LogP contribution in [0.4, 0.5) is 13.2 Å². The number of benzene rings is 2. The number of halogens is 3. The largest absolute Gasteiger partial charge is 0.271 e. The molecule has 0 aliphatic carbocycles. The van der Waals surface area contributed by atoms with E-state index in [2.05, 4.69) is 5.43 Å². The summed E-state index contributed by atoms with van der Waals surface area (Å²) in [7, 11) is 0. The van der Waals surface area contributed by atoms with E-state index in [4.69, 9.17) is 5.84 Å². The van der Waals surface area contributed by atoms with E-state index in [-0.39, 0.29) is 5.82 Å². The van der Waals surface area contributed by atoms with Gasteiger partial charge in [-0.1, -0.05) is 12.1 Å². The van der Waals surface area contributed by atoms with Crippen molar-refractivity contribution in [2.24, 2.45) is 5.84 Å². The first kappa shape index (κ1) is 12.6. The lowest BCUT2D eigenvalue weighted by atomic mass is 9.99. The van der Waals surface area contributed by atoms with Crippen molar-refractivity contribution in [3.63, 3.8) is 0 Å². The average Bonchev–Trinajstić information content (AvgIpc) is 2.31. The van der Waals surface area contributed by atoms with Crippen molar-refractivity contribution in [3.05, 3.63) is 71.0 Å². The zero-order chi connectivity index (χ0) is 13.1. The predicted octanol–water partition coefficient (Wildman–Crippen LogP) is 2.66. The molecule has 18 heavy (non-hydrogen) atoms. The van der Waals surface area contributed by atoms with Crippen molar-refractivity contribution in [1.29, 1.82) is 0 Å². The van der Waals surface area contributed by atoms with Crippen LogP contribution in [0.5, 0.6) is 0 Å². The lowest BCUT2D eigenvalue weighted by Gasteiger charge is -2.17. The molecule has 2 aromatic carbocycles. The maximum atomic E-state index is 13.1. The van der Waals surface area contributed by atoms with Gasteiger partial charge in [0.1, 0.15) is 17.5 Å². The minimum atomic E-state index is -0.688. The van der Waals surface area contributed by atoms with Crippen LogP contribution in [0.3, 0.4) is 0 Å². The highest BCUT2D eigenvalue weighted by Gasteiger charge is 2.14. The molecule has 0 aliphatic rings. The monoisotopic (exact) mass is 252 g/mol. The van der Waals surface area contributed by atoms with Gasteiger partial charge in [0.25, 0.3) is 0 Å². The molecule has 0 amide bonds. The number of hydrazine groups is 1. The van der Waals surface area contributed by atoms with E-state index < -0.39 is 17.7 Å². The molecule has 5 heteroatoms. The van der Waals surface area contributed by atoms with Crippen molar-refractivity contribution in [2.75, 3.05) is 0 Å². The number of rotatable bonds is 3. The third-order valence-electron chi connectivity index (χ3n) is 2.59. The molecule has 0 radical (unpaired) electrons. The summed E-state index contributed by atoms with van der Waals surface area (Å²) in [6.45, 7) is 0. The zero-order valence-corrected chi connectivity index (χ0v) is 9.33. The Bertz CT molecular complexity index is 520. The maximum absolute atomic E-state index is 13.1. The zero-order valence-electron chi connectivity index (χ0n) is 9.33. The summed E-state index contributed by atoms with van der Waals surface area (Å²) >= 11 is 0. The summed E-state index contributed by atoms with van der Waals surface area (Å²) in [5, 5.41) is 0. The van der Waals surface area contributed by atoms with Gasteiger partial charge in [0, 0.05) is 6.07 Å². The van der Waals surface area contributed by atoms with E-state index >= 15 is 0 Å². The fourth-order valence-corrected chi connectivity index (χ4v) is 1.78. The van der Waals surface area contributed by atoms with E-state index in [9.17, 15) is 13.2 Å². The molecule has 0 bridgehead atoms. The predicted molar refractivity (Wildman–Crippen MR) is 61.9 cm³/mol. The van der Waals surface area contributed by atoms with Gasteiger partial charge in [-0.25, -0.2) is 18.6 Å². The van der Waals surface area contributed by atoms with Crippen molar-refractivity contribution in [3.8, 4) is 0 Å². The smallest absolute Gasteiger partial charge is 0.126 e. The van der Waals surface area contributed by atoms with Crippen LogP contribution in [0, 0.1) is 17.5 Å². The molecule has 94 valence electrons. The second-order valence-electron chi connectivity index (χ2n) is 3.85. The van der Waals surface area contributed by atoms with Gasteiger partial charge < -0.3 is 0 Å². The van der Waals surface area contributed by atoms with Gasteiger partial charge in [0.2, 0.25) is 0 Å². The quantitative estimate of drug-likeness (QED) is 0.651. The molecule has 0 saturated heterocycles. The van der Waals surface area contributed by atoms with Crippen molar-refractivity contribution < 1.29 is 13.2 Å². The number of nitrogens with one attached hydrogen (secondary N) is 1. The van der Waals surface area contributed by atoms with Crippen LogP contribution in [0.25, 0.3) is 0 Å². The van der Waals surface area contributed by atoms with Gasteiger partial charge in [0.15, 0.2) is 0 Å². The molecule has 0 saturated carbocycles. The lowest BCUT2D eigenvalue weighted by molar-refractivity contribution is 0.565. The third-order valence-corrected chi connectivity index (χ3v) is 2.59. The molecule has 0 heterocycles. The van der Waals surface area contributed by atoms with Gasteiger partial charge in [-0.3, -0.25) is 5.84 Å². The Hall–Kier alpha value is -1.85. The summed E-state index contributed by atoms with van der Waals surface area (Å²) in [6, 6.07) is 8.06. The summed E-state index contributed by atoms with van der Waals surface area (Å²) in [5.74, 6) is 3.62. The minimum Gasteiger partial charge on any atom is -0.271 e. The summed E-state index contributed by atoms with van der Waals surface area (Å²) in [4.78, 5) is 0. The fourth-order valence-electron chi connectivity index (χ4n) is 1.78. The number of hydrogen-bond donors (Lipinski definition) is 2. The normalized spacial score (nSPS) is 12.4. The molecule has 1 atom stereocenters. The molecule has 3 N–H and O–H groups in total. The van der Waals surface area contributed by atoms with Crippen LogP contribution >= 0.6 is 0 Å². The second kappa shape index (κ2) is 5.20. The average molecular weight is 252 g/mol. The molecule has 1 unspecified atom stereocenters. The van der Waals surface area contributed by atoms with Crippen LogP contribution in [-0.4, -0.2) is 0 Å². The van der Waals surface area contributed by atoms with E-state index in [1.165, 1.54) is 36.4 Å². The fraction of sp³-hybridized carbons (Fsp3) is 0.0769. The summed E-state index contributed by atoms with van der Waals surface area (Å²) < 4.78 is 39.1. The second-order valence-corrected chi connectivity index (χ2v) is 3.85. The number of nitrogens with two attached hydrogens (primary N) is 1. The van der Waals surface area contributed by atoms with Gasteiger partial charge in [0.05, 0.1) is 6.04 Å². The Kier molecular flexibility index (Phi) is 3.64. The van der Waals surface area contributed by atoms with Gasteiger partial charge in [-0.15, -0.1) is 0 Å². The Balaban J connectivity index is 2.41. The molecular formula is C13H11F3N2. The first-order valence-corrected chi connectivity index (χ1v) is 5.28. The molecule has 0 fully saturated rings. The van der Waals surface area contributed by atoms with Crippen LogP contribution < -0.4 is 11.3 Å². The van der Waals surface area contributed by atoms with Crippen molar-refractivity contribution in [2.45, 2.75) is 6.04 Å². The van der Waals surface area contributed by atoms with E-state index in [0.717, 1.165) is 6.07 Å². The standard InChI is InChI=1S/C13H11F3N2/c14-10-3-1-8(2-4-10)13(18-17)9-5-11(15)7-12(16)6-9/h1-7,13,18H,17H2. The van der Waals surface area contributed by atoms with Crippen LogP contribution in [-0.2, 0) is 0 Å². The SMILES string of the molecule is NNC(c1ccc(F)cc1)c1cc(F)cc(F)c1. The third kappa shape index (κ3) is 2.69. The first-order chi connectivity index (χ1) is 8.60. The molecule has 0 spiro atoms. The van der Waals surface area contributed by atoms with Crippen LogP contribution in [0.2, 0.25) is 0 Å². The van der Waals surface area contributed by atoms with Gasteiger partial charge in [-0.2, -0.15) is 0 Å². The molecule has 2 nitrogen and oxygen atoms in total. The lowest BCUT2D eigenvalue weighted by Crippen LogP contribution is -2.29.